The third-order valence-electron chi connectivity index (χ3n) is 4.52. The van der Waals surface area contributed by atoms with Crippen LogP contribution in [0, 0.1) is 5.92 Å². The molecule has 1 aliphatic heterocycles. The average Bonchev–Trinajstić information content (AvgIpc) is 2.55. The van der Waals surface area contributed by atoms with Crippen molar-refractivity contribution < 1.29 is 14.7 Å². The second kappa shape index (κ2) is 8.11. The summed E-state index contributed by atoms with van der Waals surface area (Å²) in [5.74, 6) is -0.188. The van der Waals surface area contributed by atoms with Gasteiger partial charge in [-0.1, -0.05) is 26.0 Å². The molecule has 2 N–H and O–H groups in total. The summed E-state index contributed by atoms with van der Waals surface area (Å²) < 4.78 is 0. The van der Waals surface area contributed by atoms with Crippen LogP contribution in [0.25, 0.3) is 0 Å². The van der Waals surface area contributed by atoms with E-state index in [0.717, 1.165) is 30.8 Å². The van der Waals surface area contributed by atoms with Crippen molar-refractivity contribution in [1.82, 2.24) is 4.90 Å². The SMILES string of the molecule is CCC(=O)c1ccccc1NC1CCN(CCC(=O)O)CC1C. The molecule has 1 fully saturated rings. The van der Waals surface area contributed by atoms with Gasteiger partial charge in [0.1, 0.15) is 0 Å². The molecule has 126 valence electrons. The molecule has 23 heavy (non-hydrogen) atoms. The van der Waals surface area contributed by atoms with Gasteiger partial charge < -0.3 is 15.3 Å². The van der Waals surface area contributed by atoms with Gasteiger partial charge in [-0.25, -0.2) is 0 Å². The molecule has 0 spiro atoms. The molecule has 0 aliphatic carbocycles. The number of likely N-dealkylation sites (tertiary alicyclic amines) is 1. The standard InChI is InChI=1S/C18H26N2O3/c1-3-17(21)14-6-4-5-7-16(14)19-15-8-10-20(12-13(15)2)11-9-18(22)23/h4-7,13,15,19H,3,8-12H2,1-2H3,(H,22,23). The number of hydrogen-bond donors (Lipinski definition) is 2. The highest BCUT2D eigenvalue weighted by Gasteiger charge is 2.26. The van der Waals surface area contributed by atoms with E-state index in [4.69, 9.17) is 5.11 Å². The molecule has 2 unspecified atom stereocenters. The van der Waals surface area contributed by atoms with Gasteiger partial charge >= 0.3 is 5.97 Å². The third kappa shape index (κ3) is 4.79. The maximum Gasteiger partial charge on any atom is 0.304 e. The first-order valence-corrected chi connectivity index (χ1v) is 8.34. The molecule has 5 heteroatoms. The van der Waals surface area contributed by atoms with E-state index in [1.807, 2.05) is 31.2 Å². The first kappa shape index (κ1) is 17.5. The number of Topliss-reactive ketones (excluding diaryl/α,β-unsaturated/α-hetero) is 1. The largest absolute Gasteiger partial charge is 0.481 e. The number of benzene rings is 1. The molecule has 5 nitrogen and oxygen atoms in total. The van der Waals surface area contributed by atoms with Crippen molar-refractivity contribution in [3.63, 3.8) is 0 Å². The van der Waals surface area contributed by atoms with Gasteiger partial charge in [-0.15, -0.1) is 0 Å². The van der Waals surface area contributed by atoms with E-state index < -0.39 is 5.97 Å². The van der Waals surface area contributed by atoms with Crippen molar-refractivity contribution in [3.05, 3.63) is 29.8 Å². The van der Waals surface area contributed by atoms with Gasteiger partial charge in [0.25, 0.3) is 0 Å². The number of hydrogen-bond acceptors (Lipinski definition) is 4. The summed E-state index contributed by atoms with van der Waals surface area (Å²) in [6, 6.07) is 7.99. The summed E-state index contributed by atoms with van der Waals surface area (Å²) >= 11 is 0. The maximum absolute atomic E-state index is 12.1. The lowest BCUT2D eigenvalue weighted by molar-refractivity contribution is -0.137. The topological polar surface area (TPSA) is 69.6 Å². The summed E-state index contributed by atoms with van der Waals surface area (Å²) in [5.41, 5.74) is 1.67. The Morgan fingerprint density at radius 2 is 2.09 bits per heavy atom. The van der Waals surface area contributed by atoms with Crippen LogP contribution in [0.5, 0.6) is 0 Å². The predicted octanol–water partition coefficient (Wildman–Crippen LogP) is 2.88. The number of nitrogens with zero attached hydrogens (tertiary/aromatic N) is 1. The van der Waals surface area contributed by atoms with Crippen molar-refractivity contribution >= 4 is 17.4 Å². The molecule has 0 saturated carbocycles. The Balaban J connectivity index is 1.97. The van der Waals surface area contributed by atoms with E-state index in [9.17, 15) is 9.59 Å². The molecule has 1 heterocycles. The molecule has 1 aromatic carbocycles. The Kier molecular flexibility index (Phi) is 6.16. The number of para-hydroxylation sites is 1. The molecular weight excluding hydrogens is 292 g/mol. The van der Waals surface area contributed by atoms with E-state index >= 15 is 0 Å². The van der Waals surface area contributed by atoms with Crippen LogP contribution in [0.1, 0.15) is 43.5 Å². The Labute approximate surface area is 137 Å². The molecule has 2 atom stereocenters. The molecule has 0 amide bonds. The summed E-state index contributed by atoms with van der Waals surface area (Å²) in [5, 5.41) is 12.3. The predicted molar refractivity (Wildman–Crippen MR) is 90.9 cm³/mol. The van der Waals surface area contributed by atoms with Gasteiger partial charge in [0.15, 0.2) is 5.78 Å². The van der Waals surface area contributed by atoms with Crippen LogP contribution in [0.3, 0.4) is 0 Å². The first-order valence-electron chi connectivity index (χ1n) is 8.34. The maximum atomic E-state index is 12.1. The lowest BCUT2D eigenvalue weighted by Crippen LogP contribution is -2.45. The van der Waals surface area contributed by atoms with Crippen molar-refractivity contribution in [1.29, 1.82) is 0 Å². The normalized spacial score (nSPS) is 21.8. The summed E-state index contributed by atoms with van der Waals surface area (Å²) in [4.78, 5) is 25.0. The van der Waals surface area contributed by atoms with E-state index in [1.54, 1.807) is 0 Å². The summed E-state index contributed by atoms with van der Waals surface area (Å²) in [6.45, 7) is 6.43. The van der Waals surface area contributed by atoms with Crippen molar-refractivity contribution in [3.8, 4) is 0 Å². The fourth-order valence-electron chi connectivity index (χ4n) is 3.15. The van der Waals surface area contributed by atoms with E-state index in [-0.39, 0.29) is 12.2 Å². The second-order valence-corrected chi connectivity index (χ2v) is 6.28. The summed E-state index contributed by atoms with van der Waals surface area (Å²) in [6.07, 6.45) is 1.65. The van der Waals surface area contributed by atoms with Crippen molar-refractivity contribution in [2.75, 3.05) is 25.0 Å². The third-order valence-corrected chi connectivity index (χ3v) is 4.52. The molecule has 0 bridgehead atoms. The number of carboxylic acids is 1. The highest BCUT2D eigenvalue weighted by atomic mass is 16.4. The fourth-order valence-corrected chi connectivity index (χ4v) is 3.15. The van der Waals surface area contributed by atoms with Gasteiger partial charge in [0.05, 0.1) is 6.42 Å². The smallest absolute Gasteiger partial charge is 0.304 e. The van der Waals surface area contributed by atoms with E-state index in [1.165, 1.54) is 0 Å². The van der Waals surface area contributed by atoms with Crippen molar-refractivity contribution in [2.45, 2.75) is 39.2 Å². The minimum absolute atomic E-state index is 0.152. The van der Waals surface area contributed by atoms with Crippen LogP contribution in [0.15, 0.2) is 24.3 Å². The zero-order valence-corrected chi connectivity index (χ0v) is 13.9. The number of carbonyl (C=O) groups excluding carboxylic acids is 1. The Hall–Kier alpha value is -1.88. The van der Waals surface area contributed by atoms with E-state index in [0.29, 0.717) is 24.9 Å². The Bertz CT molecular complexity index is 559. The minimum atomic E-state index is -0.745. The van der Waals surface area contributed by atoms with Crippen LogP contribution in [-0.2, 0) is 4.79 Å². The van der Waals surface area contributed by atoms with Crippen LogP contribution >= 0.6 is 0 Å². The Morgan fingerprint density at radius 1 is 1.35 bits per heavy atom. The number of carboxylic acid groups (broad SMARTS) is 1. The zero-order chi connectivity index (χ0) is 16.8. The van der Waals surface area contributed by atoms with Crippen LogP contribution in [0.4, 0.5) is 5.69 Å². The van der Waals surface area contributed by atoms with Gasteiger partial charge in [0, 0.05) is 43.3 Å². The second-order valence-electron chi connectivity index (χ2n) is 6.28. The number of ketones is 1. The van der Waals surface area contributed by atoms with Gasteiger partial charge in [-0.3, -0.25) is 9.59 Å². The average molecular weight is 318 g/mol. The molecule has 1 aliphatic rings. The van der Waals surface area contributed by atoms with E-state index in [2.05, 4.69) is 17.1 Å². The monoisotopic (exact) mass is 318 g/mol. The van der Waals surface area contributed by atoms with Crippen LogP contribution in [0.2, 0.25) is 0 Å². The number of aliphatic carboxylic acids is 1. The highest BCUT2D eigenvalue weighted by Crippen LogP contribution is 2.24. The quantitative estimate of drug-likeness (QED) is 0.757. The van der Waals surface area contributed by atoms with Gasteiger partial charge in [-0.05, 0) is 24.5 Å². The van der Waals surface area contributed by atoms with Crippen LogP contribution < -0.4 is 5.32 Å². The molecule has 0 radical (unpaired) electrons. The number of piperidine rings is 1. The minimum Gasteiger partial charge on any atom is -0.481 e. The Morgan fingerprint density at radius 3 is 2.74 bits per heavy atom. The lowest BCUT2D eigenvalue weighted by atomic mass is 9.92. The van der Waals surface area contributed by atoms with Gasteiger partial charge in [0.2, 0.25) is 0 Å². The molecule has 1 saturated heterocycles. The number of rotatable bonds is 7. The lowest BCUT2D eigenvalue weighted by Gasteiger charge is -2.37. The molecule has 0 aromatic heterocycles. The fraction of sp³-hybridized carbons (Fsp3) is 0.556. The zero-order valence-electron chi connectivity index (χ0n) is 13.9. The number of nitrogens with one attached hydrogen (secondary N) is 1. The summed E-state index contributed by atoms with van der Waals surface area (Å²) in [7, 11) is 0. The van der Waals surface area contributed by atoms with Gasteiger partial charge in [-0.2, -0.15) is 0 Å². The highest BCUT2D eigenvalue weighted by molar-refractivity contribution is 6.01. The number of anilines is 1. The number of carbonyl (C=O) groups is 2. The molecule has 1 aromatic rings. The molecular formula is C18H26N2O3. The first-order chi connectivity index (χ1) is 11.0. The van der Waals surface area contributed by atoms with Crippen molar-refractivity contribution in [2.24, 2.45) is 5.92 Å². The molecule has 2 rings (SSSR count). The van der Waals surface area contributed by atoms with Crippen LogP contribution in [-0.4, -0.2) is 47.4 Å².